The minimum absolute atomic E-state index is 0.0439. The number of hydrogen-bond acceptors (Lipinski definition) is 4. The highest BCUT2D eigenvalue weighted by molar-refractivity contribution is 5.82. The van der Waals surface area contributed by atoms with E-state index in [-0.39, 0.29) is 17.2 Å². The highest BCUT2D eigenvalue weighted by Crippen LogP contribution is 2.42. The zero-order chi connectivity index (χ0) is 12.3. The molecular weight excluding hydrogens is 206 g/mol. The Bertz CT molecular complexity index is 266. The van der Waals surface area contributed by atoms with Crippen LogP contribution in [0.1, 0.15) is 27.2 Å². The molecule has 0 radical (unpaired) electrons. The van der Waals surface area contributed by atoms with Gasteiger partial charge in [-0.25, -0.2) is 0 Å². The molecule has 1 fully saturated rings. The van der Waals surface area contributed by atoms with Gasteiger partial charge in [-0.3, -0.25) is 0 Å². The Morgan fingerprint density at radius 2 is 2.31 bits per heavy atom. The second-order valence-corrected chi connectivity index (χ2v) is 5.17. The van der Waals surface area contributed by atoms with E-state index in [9.17, 15) is 0 Å². The number of rotatable bonds is 5. The smallest absolute Gasteiger partial charge is 0.143 e. The summed E-state index contributed by atoms with van der Waals surface area (Å²) in [6.07, 6.45) is 1.34. The first kappa shape index (κ1) is 13.3. The van der Waals surface area contributed by atoms with Gasteiger partial charge in [-0.1, -0.05) is 25.9 Å². The quantitative estimate of drug-likeness (QED) is 0.281. The molecule has 5 nitrogen and oxygen atoms in total. The minimum Gasteiger partial charge on any atom is -0.409 e. The van der Waals surface area contributed by atoms with E-state index in [0.29, 0.717) is 12.1 Å². The Morgan fingerprint density at radius 3 is 2.75 bits per heavy atom. The van der Waals surface area contributed by atoms with Gasteiger partial charge in [0.25, 0.3) is 0 Å². The van der Waals surface area contributed by atoms with Crippen LogP contribution in [0.15, 0.2) is 5.16 Å². The van der Waals surface area contributed by atoms with Crippen molar-refractivity contribution in [3.63, 3.8) is 0 Å². The number of hydrogen-bond donors (Lipinski definition) is 3. The number of methoxy groups -OCH3 is 1. The Balaban J connectivity index is 2.36. The number of oxime groups is 1. The maximum Gasteiger partial charge on any atom is 0.143 e. The van der Waals surface area contributed by atoms with Crippen molar-refractivity contribution in [2.24, 2.45) is 22.2 Å². The molecule has 0 bridgehead atoms. The number of nitrogens with two attached hydrogens (primary N) is 1. The van der Waals surface area contributed by atoms with Gasteiger partial charge in [0.2, 0.25) is 0 Å². The van der Waals surface area contributed by atoms with E-state index >= 15 is 0 Å². The number of nitrogens with zero attached hydrogens (tertiary/aromatic N) is 1. The normalized spacial score (nSPS) is 30.9. The van der Waals surface area contributed by atoms with Crippen molar-refractivity contribution in [3.8, 4) is 0 Å². The van der Waals surface area contributed by atoms with Crippen molar-refractivity contribution in [1.29, 1.82) is 0 Å². The first-order chi connectivity index (χ1) is 7.43. The molecule has 1 rings (SSSR count). The molecule has 94 valence electrons. The lowest BCUT2D eigenvalue weighted by molar-refractivity contribution is -0.0975. The van der Waals surface area contributed by atoms with Crippen molar-refractivity contribution in [2.45, 2.75) is 39.3 Å². The molecular formula is C11H23N3O2. The lowest BCUT2D eigenvalue weighted by atomic mass is 9.64. The highest BCUT2D eigenvalue weighted by atomic mass is 16.5. The van der Waals surface area contributed by atoms with E-state index in [1.165, 1.54) is 0 Å². The van der Waals surface area contributed by atoms with Crippen LogP contribution in [-0.2, 0) is 4.74 Å². The number of ether oxygens (including phenoxy) is 1. The molecule has 1 aliphatic rings. The van der Waals surface area contributed by atoms with Gasteiger partial charge in [-0.05, 0) is 6.42 Å². The summed E-state index contributed by atoms with van der Waals surface area (Å²) in [6.45, 7) is 7.04. The molecule has 1 aliphatic carbocycles. The topological polar surface area (TPSA) is 79.9 Å². The SMILES string of the molecule is COC1CC(NCC(C)C(N)=NO)C1(C)C. The van der Waals surface area contributed by atoms with Crippen LogP contribution in [0, 0.1) is 11.3 Å². The summed E-state index contributed by atoms with van der Waals surface area (Å²) >= 11 is 0. The lowest BCUT2D eigenvalue weighted by Gasteiger charge is -2.51. The third-order valence-corrected chi connectivity index (χ3v) is 3.75. The fourth-order valence-electron chi connectivity index (χ4n) is 2.15. The van der Waals surface area contributed by atoms with Crippen LogP contribution in [0.5, 0.6) is 0 Å². The second kappa shape index (κ2) is 5.01. The van der Waals surface area contributed by atoms with Gasteiger partial charge >= 0.3 is 0 Å². The van der Waals surface area contributed by atoms with Crippen LogP contribution in [-0.4, -0.2) is 36.8 Å². The van der Waals surface area contributed by atoms with Gasteiger partial charge in [0.05, 0.1) is 6.10 Å². The first-order valence-corrected chi connectivity index (χ1v) is 5.67. The molecule has 0 amide bonds. The van der Waals surface area contributed by atoms with Crippen LogP contribution in [0.3, 0.4) is 0 Å². The summed E-state index contributed by atoms with van der Waals surface area (Å²) < 4.78 is 5.38. The third-order valence-electron chi connectivity index (χ3n) is 3.75. The average Bonchev–Trinajstić information content (AvgIpc) is 2.26. The van der Waals surface area contributed by atoms with Crippen molar-refractivity contribution < 1.29 is 9.94 Å². The maximum atomic E-state index is 8.54. The van der Waals surface area contributed by atoms with Gasteiger partial charge in [-0.2, -0.15) is 0 Å². The molecule has 1 saturated carbocycles. The molecule has 0 aliphatic heterocycles. The van der Waals surface area contributed by atoms with Crippen LogP contribution >= 0.6 is 0 Å². The van der Waals surface area contributed by atoms with Gasteiger partial charge in [0.1, 0.15) is 5.84 Å². The van der Waals surface area contributed by atoms with Gasteiger partial charge in [-0.15, -0.1) is 0 Å². The Hall–Kier alpha value is -0.810. The maximum absolute atomic E-state index is 8.54. The van der Waals surface area contributed by atoms with E-state index in [1.807, 2.05) is 6.92 Å². The van der Waals surface area contributed by atoms with E-state index in [1.54, 1.807) is 7.11 Å². The number of nitrogens with one attached hydrogen (secondary N) is 1. The minimum atomic E-state index is 0.0439. The van der Waals surface area contributed by atoms with E-state index in [2.05, 4.69) is 24.3 Å². The molecule has 5 heteroatoms. The monoisotopic (exact) mass is 229 g/mol. The standard InChI is InChI=1S/C11H23N3O2/c1-7(10(12)14-15)6-13-8-5-9(16-4)11(8,2)3/h7-9,13,15H,5-6H2,1-4H3,(H2,12,14). The Kier molecular flexibility index (Phi) is 4.15. The molecule has 3 unspecified atom stereocenters. The molecule has 3 atom stereocenters. The van der Waals surface area contributed by atoms with Crippen LogP contribution in [0.25, 0.3) is 0 Å². The summed E-state index contributed by atoms with van der Waals surface area (Å²) in [7, 11) is 1.75. The molecule has 0 spiro atoms. The molecule has 4 N–H and O–H groups in total. The zero-order valence-corrected chi connectivity index (χ0v) is 10.5. The number of amidine groups is 1. The third kappa shape index (κ3) is 2.47. The summed E-state index contributed by atoms with van der Waals surface area (Å²) in [6, 6.07) is 0.436. The molecule has 0 saturated heterocycles. The van der Waals surface area contributed by atoms with E-state index < -0.39 is 0 Å². The first-order valence-electron chi connectivity index (χ1n) is 5.67. The van der Waals surface area contributed by atoms with Crippen molar-refractivity contribution in [2.75, 3.05) is 13.7 Å². The van der Waals surface area contributed by atoms with Crippen molar-refractivity contribution in [1.82, 2.24) is 5.32 Å². The van der Waals surface area contributed by atoms with E-state index in [4.69, 9.17) is 15.7 Å². The zero-order valence-electron chi connectivity index (χ0n) is 10.5. The van der Waals surface area contributed by atoms with Crippen LogP contribution in [0.2, 0.25) is 0 Å². The summed E-state index contributed by atoms with van der Waals surface area (Å²) in [5.74, 6) is 0.315. The summed E-state index contributed by atoms with van der Waals surface area (Å²) in [5.41, 5.74) is 5.67. The van der Waals surface area contributed by atoms with E-state index in [0.717, 1.165) is 13.0 Å². The predicted molar refractivity (Wildman–Crippen MR) is 63.6 cm³/mol. The van der Waals surface area contributed by atoms with Crippen molar-refractivity contribution in [3.05, 3.63) is 0 Å². The second-order valence-electron chi connectivity index (χ2n) is 5.17. The molecule has 0 aromatic rings. The fraction of sp³-hybridized carbons (Fsp3) is 0.909. The molecule has 0 aromatic heterocycles. The average molecular weight is 229 g/mol. The highest BCUT2D eigenvalue weighted by Gasteiger charge is 2.48. The van der Waals surface area contributed by atoms with Gasteiger partial charge in [0.15, 0.2) is 0 Å². The van der Waals surface area contributed by atoms with Crippen molar-refractivity contribution >= 4 is 5.84 Å². The van der Waals surface area contributed by atoms with Gasteiger partial charge < -0.3 is 21.0 Å². The Labute approximate surface area is 97.0 Å². The largest absolute Gasteiger partial charge is 0.409 e. The molecule has 0 heterocycles. The summed E-state index contributed by atoms with van der Waals surface area (Å²) in [4.78, 5) is 0. The molecule has 0 aromatic carbocycles. The predicted octanol–water partition coefficient (Wildman–Crippen LogP) is 0.772. The van der Waals surface area contributed by atoms with Crippen LogP contribution < -0.4 is 11.1 Å². The fourth-order valence-corrected chi connectivity index (χ4v) is 2.15. The van der Waals surface area contributed by atoms with Gasteiger partial charge in [0, 0.05) is 31.0 Å². The van der Waals surface area contributed by atoms with Crippen LogP contribution in [0.4, 0.5) is 0 Å². The summed E-state index contributed by atoms with van der Waals surface area (Å²) in [5, 5.41) is 15.0. The Morgan fingerprint density at radius 1 is 1.69 bits per heavy atom. The lowest BCUT2D eigenvalue weighted by Crippen LogP contribution is -2.61. The molecule has 16 heavy (non-hydrogen) atoms.